The van der Waals surface area contributed by atoms with Gasteiger partial charge in [-0.05, 0) is 28.4 Å². The molecule has 0 amide bonds. The van der Waals surface area contributed by atoms with Crippen LogP contribution in [0.4, 0.5) is 0 Å². The molecule has 88 valence electrons. The molecule has 0 aliphatic heterocycles. The molecule has 0 spiro atoms. The van der Waals surface area contributed by atoms with Gasteiger partial charge in [-0.25, -0.2) is 4.68 Å². The van der Waals surface area contributed by atoms with Gasteiger partial charge in [0.25, 0.3) is 0 Å². The predicted octanol–water partition coefficient (Wildman–Crippen LogP) is 2.31. The lowest BCUT2D eigenvalue weighted by Gasteiger charge is -2.02. The highest BCUT2D eigenvalue weighted by atomic mass is 79.9. The minimum absolute atomic E-state index is 0.00924. The van der Waals surface area contributed by atoms with E-state index in [2.05, 4.69) is 26.2 Å². The number of hydrogen-bond donors (Lipinski definition) is 0. The van der Waals surface area contributed by atoms with Crippen LogP contribution in [0.2, 0.25) is 0 Å². The highest BCUT2D eigenvalue weighted by molar-refractivity contribution is 9.10. The van der Waals surface area contributed by atoms with Crippen molar-refractivity contribution in [3.05, 3.63) is 45.7 Å². The van der Waals surface area contributed by atoms with Crippen molar-refractivity contribution in [1.82, 2.24) is 15.0 Å². The minimum atomic E-state index is 0.00924. The van der Waals surface area contributed by atoms with Crippen LogP contribution in [0, 0.1) is 6.92 Å². The molecule has 0 N–H and O–H groups in total. The fourth-order valence-electron chi connectivity index (χ4n) is 1.72. The van der Waals surface area contributed by atoms with E-state index in [9.17, 15) is 4.79 Å². The van der Waals surface area contributed by atoms with Crippen molar-refractivity contribution in [3.8, 4) is 0 Å². The topological polar surface area (TPSA) is 47.8 Å². The normalized spacial score (nSPS) is 10.5. The third kappa shape index (κ3) is 2.61. The van der Waals surface area contributed by atoms with Gasteiger partial charge in [0, 0.05) is 13.5 Å². The van der Waals surface area contributed by atoms with Crippen LogP contribution in [0.1, 0.15) is 21.6 Å². The monoisotopic (exact) mass is 293 g/mol. The molecule has 1 heterocycles. The molecule has 0 fully saturated rings. The summed E-state index contributed by atoms with van der Waals surface area (Å²) in [7, 11) is 1.71. The molecule has 0 aliphatic carbocycles. The van der Waals surface area contributed by atoms with Crippen molar-refractivity contribution < 1.29 is 4.79 Å². The highest BCUT2D eigenvalue weighted by Gasteiger charge is 2.16. The molecule has 4 nitrogen and oxygen atoms in total. The smallest absolute Gasteiger partial charge is 0.188 e. The number of aryl methyl sites for hydroxylation is 2. The summed E-state index contributed by atoms with van der Waals surface area (Å²) in [6, 6.07) is 7.92. The van der Waals surface area contributed by atoms with Crippen molar-refractivity contribution in [1.29, 1.82) is 0 Å². The number of Topliss-reactive ketones (excluding diaryl/α,β-unsaturated/α-hetero) is 1. The number of hydrogen-bond acceptors (Lipinski definition) is 3. The van der Waals surface area contributed by atoms with Gasteiger partial charge in [0.1, 0.15) is 5.69 Å². The second kappa shape index (κ2) is 4.79. The standard InChI is InChI=1S/C12H12BrN3O/c1-8-4-3-5-9(6-8)7-10(17)11-12(13)14-15-16(11)2/h3-6H,7H2,1-2H3. The maximum Gasteiger partial charge on any atom is 0.188 e. The fourth-order valence-corrected chi connectivity index (χ4v) is 2.27. The van der Waals surface area contributed by atoms with Crippen molar-refractivity contribution >= 4 is 21.7 Å². The summed E-state index contributed by atoms with van der Waals surface area (Å²) in [5.74, 6) is 0.00924. The Morgan fingerprint density at radius 1 is 1.47 bits per heavy atom. The van der Waals surface area contributed by atoms with Crippen LogP contribution in [0.3, 0.4) is 0 Å². The summed E-state index contributed by atoms with van der Waals surface area (Å²) in [5.41, 5.74) is 2.66. The van der Waals surface area contributed by atoms with E-state index in [1.165, 1.54) is 4.68 Å². The molecular weight excluding hydrogens is 282 g/mol. The summed E-state index contributed by atoms with van der Waals surface area (Å²) < 4.78 is 1.99. The Morgan fingerprint density at radius 3 is 2.82 bits per heavy atom. The lowest BCUT2D eigenvalue weighted by Crippen LogP contribution is -2.10. The number of halogens is 1. The average Bonchev–Trinajstić information content (AvgIpc) is 2.58. The minimum Gasteiger partial charge on any atom is -0.292 e. The van der Waals surface area contributed by atoms with Gasteiger partial charge in [-0.15, -0.1) is 5.10 Å². The SMILES string of the molecule is Cc1cccc(CC(=O)c2c(Br)nnn2C)c1. The molecule has 5 heteroatoms. The lowest BCUT2D eigenvalue weighted by molar-refractivity contribution is 0.0983. The van der Waals surface area contributed by atoms with Crippen LogP contribution < -0.4 is 0 Å². The Hall–Kier alpha value is -1.49. The fraction of sp³-hybridized carbons (Fsp3) is 0.250. The average molecular weight is 294 g/mol. The Balaban J connectivity index is 2.23. The van der Waals surface area contributed by atoms with Gasteiger partial charge in [-0.2, -0.15) is 0 Å². The molecule has 17 heavy (non-hydrogen) atoms. The second-order valence-electron chi connectivity index (χ2n) is 3.94. The number of ketones is 1. The first-order valence-corrected chi connectivity index (χ1v) is 6.01. The zero-order valence-electron chi connectivity index (χ0n) is 9.64. The maximum absolute atomic E-state index is 12.1. The van der Waals surface area contributed by atoms with Crippen LogP contribution in [0.5, 0.6) is 0 Å². The molecule has 0 aliphatic rings. The molecule has 0 saturated carbocycles. The summed E-state index contributed by atoms with van der Waals surface area (Å²) in [4.78, 5) is 12.1. The molecule has 1 aromatic carbocycles. The molecule has 0 radical (unpaired) electrons. The van der Waals surface area contributed by atoms with Gasteiger partial charge in [-0.3, -0.25) is 4.79 Å². The van der Waals surface area contributed by atoms with Gasteiger partial charge in [-0.1, -0.05) is 35.0 Å². The van der Waals surface area contributed by atoms with Crippen LogP contribution in [-0.2, 0) is 13.5 Å². The first-order chi connectivity index (χ1) is 8.08. The van der Waals surface area contributed by atoms with Crippen LogP contribution in [0.15, 0.2) is 28.9 Å². The van der Waals surface area contributed by atoms with Gasteiger partial charge < -0.3 is 0 Å². The zero-order valence-corrected chi connectivity index (χ0v) is 11.2. The van der Waals surface area contributed by atoms with Gasteiger partial charge >= 0.3 is 0 Å². The first-order valence-electron chi connectivity index (χ1n) is 5.22. The maximum atomic E-state index is 12.1. The molecule has 1 aromatic heterocycles. The third-order valence-corrected chi connectivity index (χ3v) is 3.03. The van der Waals surface area contributed by atoms with E-state index in [0.717, 1.165) is 11.1 Å². The lowest BCUT2D eigenvalue weighted by atomic mass is 10.1. The van der Waals surface area contributed by atoms with Crippen LogP contribution in [0.25, 0.3) is 0 Å². The molecule has 0 saturated heterocycles. The number of benzene rings is 1. The highest BCUT2D eigenvalue weighted by Crippen LogP contribution is 2.15. The van der Waals surface area contributed by atoms with Crippen molar-refractivity contribution in [2.24, 2.45) is 7.05 Å². The van der Waals surface area contributed by atoms with E-state index in [0.29, 0.717) is 16.7 Å². The number of aromatic nitrogens is 3. The number of rotatable bonds is 3. The quantitative estimate of drug-likeness (QED) is 0.816. The van der Waals surface area contributed by atoms with Gasteiger partial charge in [0.15, 0.2) is 10.4 Å². The van der Waals surface area contributed by atoms with Gasteiger partial charge in [0.2, 0.25) is 0 Å². The molecule has 2 aromatic rings. The summed E-state index contributed by atoms with van der Waals surface area (Å²) in [5, 5.41) is 7.60. The first kappa shape index (κ1) is 12.0. The Morgan fingerprint density at radius 2 is 2.24 bits per heavy atom. The van der Waals surface area contributed by atoms with E-state index in [1.807, 2.05) is 31.2 Å². The Labute approximate surface area is 108 Å². The summed E-state index contributed by atoms with van der Waals surface area (Å²) in [6.07, 6.45) is 0.363. The molecule has 2 rings (SSSR count). The van der Waals surface area contributed by atoms with Crippen molar-refractivity contribution in [2.45, 2.75) is 13.3 Å². The predicted molar refractivity (Wildman–Crippen MR) is 67.9 cm³/mol. The molecule has 0 atom stereocenters. The number of carbonyl (C=O) groups excluding carboxylic acids is 1. The third-order valence-electron chi connectivity index (χ3n) is 2.50. The Kier molecular flexibility index (Phi) is 3.38. The van der Waals surface area contributed by atoms with Crippen LogP contribution in [-0.4, -0.2) is 20.8 Å². The number of carbonyl (C=O) groups is 1. The number of nitrogens with zero attached hydrogens (tertiary/aromatic N) is 3. The molecule has 0 bridgehead atoms. The summed E-state index contributed by atoms with van der Waals surface area (Å²) in [6.45, 7) is 2.01. The van der Waals surface area contributed by atoms with E-state index in [-0.39, 0.29) is 5.78 Å². The zero-order chi connectivity index (χ0) is 12.4. The van der Waals surface area contributed by atoms with Gasteiger partial charge in [0.05, 0.1) is 0 Å². The second-order valence-corrected chi connectivity index (χ2v) is 4.69. The van der Waals surface area contributed by atoms with Crippen molar-refractivity contribution in [3.63, 3.8) is 0 Å². The largest absolute Gasteiger partial charge is 0.292 e. The summed E-state index contributed by atoms with van der Waals surface area (Å²) >= 11 is 3.23. The molecule has 0 unspecified atom stereocenters. The Bertz CT molecular complexity index is 543. The van der Waals surface area contributed by atoms with E-state index < -0.39 is 0 Å². The van der Waals surface area contributed by atoms with E-state index >= 15 is 0 Å². The molecular formula is C12H12BrN3O. The van der Waals surface area contributed by atoms with Crippen LogP contribution >= 0.6 is 15.9 Å². The van der Waals surface area contributed by atoms with E-state index in [1.54, 1.807) is 7.05 Å². The van der Waals surface area contributed by atoms with E-state index in [4.69, 9.17) is 0 Å². The van der Waals surface area contributed by atoms with Crippen molar-refractivity contribution in [2.75, 3.05) is 0 Å².